The maximum absolute atomic E-state index is 5.71. The SMILES string of the molecule is Cc1ccc(C2=NO[C@H]3CN(Cc4cnc(C(C)C)nc4)C[C@@H]23)cc1. The number of nitrogens with zero attached hydrogens (tertiary/aromatic N) is 4. The summed E-state index contributed by atoms with van der Waals surface area (Å²) in [7, 11) is 0. The Hall–Kier alpha value is -2.27. The molecule has 2 aliphatic rings. The van der Waals surface area contributed by atoms with E-state index in [1.807, 2.05) is 12.4 Å². The van der Waals surface area contributed by atoms with Crippen LogP contribution in [-0.2, 0) is 11.4 Å². The van der Waals surface area contributed by atoms with Crippen molar-refractivity contribution < 1.29 is 4.84 Å². The lowest BCUT2D eigenvalue weighted by atomic mass is 9.94. The van der Waals surface area contributed by atoms with Gasteiger partial charge in [-0.05, 0) is 12.5 Å². The average Bonchev–Trinajstić information content (AvgIpc) is 3.16. The van der Waals surface area contributed by atoms with Crippen molar-refractivity contribution >= 4 is 5.71 Å². The summed E-state index contributed by atoms with van der Waals surface area (Å²) in [6.45, 7) is 9.04. The van der Waals surface area contributed by atoms with Gasteiger partial charge in [-0.2, -0.15) is 0 Å². The van der Waals surface area contributed by atoms with Gasteiger partial charge >= 0.3 is 0 Å². The molecule has 4 rings (SSSR count). The highest BCUT2D eigenvalue weighted by Gasteiger charge is 2.42. The molecule has 2 atom stereocenters. The molecule has 5 heteroatoms. The van der Waals surface area contributed by atoms with Gasteiger partial charge in [0.05, 0.1) is 11.6 Å². The van der Waals surface area contributed by atoms with E-state index in [0.717, 1.165) is 36.7 Å². The number of benzene rings is 1. The first kappa shape index (κ1) is 16.2. The lowest BCUT2D eigenvalue weighted by molar-refractivity contribution is 0.0745. The van der Waals surface area contributed by atoms with E-state index in [1.54, 1.807) is 0 Å². The molecule has 1 saturated heterocycles. The van der Waals surface area contributed by atoms with Gasteiger partial charge in [-0.15, -0.1) is 0 Å². The summed E-state index contributed by atoms with van der Waals surface area (Å²) >= 11 is 0. The van der Waals surface area contributed by atoms with Crippen molar-refractivity contribution in [2.45, 2.75) is 39.3 Å². The molecular formula is C20H24N4O. The van der Waals surface area contributed by atoms with Gasteiger partial charge in [0, 0.05) is 43.5 Å². The molecule has 130 valence electrons. The third-order valence-corrected chi connectivity index (χ3v) is 4.97. The Labute approximate surface area is 148 Å². The highest BCUT2D eigenvalue weighted by molar-refractivity contribution is 6.03. The molecule has 0 N–H and O–H groups in total. The van der Waals surface area contributed by atoms with Crippen LogP contribution in [0, 0.1) is 12.8 Å². The van der Waals surface area contributed by atoms with E-state index >= 15 is 0 Å². The van der Waals surface area contributed by atoms with Crippen LogP contribution in [0.1, 0.15) is 42.3 Å². The molecule has 2 aromatic rings. The third-order valence-electron chi connectivity index (χ3n) is 4.97. The minimum Gasteiger partial charge on any atom is -0.390 e. The number of aryl methyl sites for hydroxylation is 1. The molecule has 3 heterocycles. The fourth-order valence-electron chi connectivity index (χ4n) is 3.54. The number of aromatic nitrogens is 2. The smallest absolute Gasteiger partial charge is 0.149 e. The third kappa shape index (κ3) is 3.29. The van der Waals surface area contributed by atoms with Gasteiger partial charge in [0.2, 0.25) is 0 Å². The second-order valence-electron chi connectivity index (χ2n) is 7.39. The molecule has 1 aromatic carbocycles. The largest absolute Gasteiger partial charge is 0.390 e. The van der Waals surface area contributed by atoms with E-state index in [2.05, 4.69) is 65.1 Å². The van der Waals surface area contributed by atoms with Crippen molar-refractivity contribution in [1.29, 1.82) is 0 Å². The Kier molecular flexibility index (Phi) is 4.25. The van der Waals surface area contributed by atoms with Crippen LogP contribution in [0.3, 0.4) is 0 Å². The van der Waals surface area contributed by atoms with Crippen molar-refractivity contribution in [2.24, 2.45) is 11.1 Å². The summed E-state index contributed by atoms with van der Waals surface area (Å²) in [6, 6.07) is 8.54. The minimum absolute atomic E-state index is 0.159. The normalized spacial score (nSPS) is 22.8. The van der Waals surface area contributed by atoms with E-state index in [1.165, 1.54) is 11.1 Å². The van der Waals surface area contributed by atoms with Crippen molar-refractivity contribution in [1.82, 2.24) is 14.9 Å². The van der Waals surface area contributed by atoms with Crippen molar-refractivity contribution in [3.63, 3.8) is 0 Å². The quantitative estimate of drug-likeness (QED) is 0.861. The molecule has 0 unspecified atom stereocenters. The summed E-state index contributed by atoms with van der Waals surface area (Å²) in [5.41, 5.74) is 4.67. The Morgan fingerprint density at radius 1 is 1.12 bits per heavy atom. The number of rotatable bonds is 4. The van der Waals surface area contributed by atoms with Crippen molar-refractivity contribution in [3.8, 4) is 0 Å². The Morgan fingerprint density at radius 3 is 2.52 bits per heavy atom. The molecule has 0 bridgehead atoms. The van der Waals surface area contributed by atoms with Crippen LogP contribution in [0.25, 0.3) is 0 Å². The first-order chi connectivity index (χ1) is 12.1. The van der Waals surface area contributed by atoms with Crippen LogP contribution in [0.2, 0.25) is 0 Å². The Bertz CT molecular complexity index is 767. The van der Waals surface area contributed by atoms with Crippen molar-refractivity contribution in [2.75, 3.05) is 13.1 Å². The molecule has 0 amide bonds. The fraction of sp³-hybridized carbons (Fsp3) is 0.450. The second-order valence-corrected chi connectivity index (χ2v) is 7.39. The summed E-state index contributed by atoms with van der Waals surface area (Å²) < 4.78 is 0. The number of hydrogen-bond acceptors (Lipinski definition) is 5. The van der Waals surface area contributed by atoms with Crippen LogP contribution in [-0.4, -0.2) is 39.8 Å². The zero-order valence-corrected chi connectivity index (χ0v) is 15.0. The summed E-state index contributed by atoms with van der Waals surface area (Å²) in [5.74, 6) is 1.61. The summed E-state index contributed by atoms with van der Waals surface area (Å²) in [4.78, 5) is 17.1. The maximum Gasteiger partial charge on any atom is 0.149 e. The van der Waals surface area contributed by atoms with E-state index in [0.29, 0.717) is 11.8 Å². The topological polar surface area (TPSA) is 50.6 Å². The van der Waals surface area contributed by atoms with Crippen LogP contribution in [0.15, 0.2) is 41.8 Å². The number of oxime groups is 1. The Balaban J connectivity index is 1.43. The molecule has 0 saturated carbocycles. The van der Waals surface area contributed by atoms with E-state index in [4.69, 9.17) is 4.84 Å². The summed E-state index contributed by atoms with van der Waals surface area (Å²) in [6.07, 6.45) is 4.06. The van der Waals surface area contributed by atoms with Gasteiger partial charge in [0.1, 0.15) is 11.9 Å². The standard InChI is InChI=1S/C20H24N4O/c1-13(2)20-21-8-15(9-22-20)10-24-11-17-18(12-24)25-23-19(17)16-6-4-14(3)5-7-16/h4-9,13,17-18H,10-12H2,1-3H3/t17-,18+/m1/s1. The minimum atomic E-state index is 0.159. The van der Waals surface area contributed by atoms with E-state index in [-0.39, 0.29) is 6.10 Å². The van der Waals surface area contributed by atoms with Gasteiger partial charge in [-0.25, -0.2) is 9.97 Å². The van der Waals surface area contributed by atoms with Crippen LogP contribution < -0.4 is 0 Å². The maximum atomic E-state index is 5.71. The van der Waals surface area contributed by atoms with E-state index < -0.39 is 0 Å². The monoisotopic (exact) mass is 336 g/mol. The van der Waals surface area contributed by atoms with Crippen LogP contribution in [0.5, 0.6) is 0 Å². The van der Waals surface area contributed by atoms with Gasteiger partial charge in [0.25, 0.3) is 0 Å². The fourth-order valence-corrected chi connectivity index (χ4v) is 3.54. The predicted molar refractivity (Wildman–Crippen MR) is 97.5 cm³/mol. The molecule has 1 aromatic heterocycles. The number of hydrogen-bond donors (Lipinski definition) is 0. The lowest BCUT2D eigenvalue weighted by Gasteiger charge is -2.16. The number of fused-ring (bicyclic) bond motifs is 1. The molecule has 25 heavy (non-hydrogen) atoms. The zero-order chi connectivity index (χ0) is 17.4. The predicted octanol–water partition coefficient (Wildman–Crippen LogP) is 3.14. The van der Waals surface area contributed by atoms with Gasteiger partial charge in [-0.1, -0.05) is 48.8 Å². The molecule has 5 nitrogen and oxygen atoms in total. The van der Waals surface area contributed by atoms with Gasteiger partial charge in [0.15, 0.2) is 0 Å². The molecule has 1 fully saturated rings. The Morgan fingerprint density at radius 2 is 1.84 bits per heavy atom. The lowest BCUT2D eigenvalue weighted by Crippen LogP contribution is -2.23. The van der Waals surface area contributed by atoms with E-state index in [9.17, 15) is 0 Å². The second kappa shape index (κ2) is 6.56. The average molecular weight is 336 g/mol. The number of likely N-dealkylation sites (tertiary alicyclic amines) is 1. The molecular weight excluding hydrogens is 312 g/mol. The van der Waals surface area contributed by atoms with Crippen molar-refractivity contribution in [3.05, 3.63) is 59.2 Å². The highest BCUT2D eigenvalue weighted by Crippen LogP contribution is 2.31. The molecule has 0 aliphatic carbocycles. The molecule has 2 aliphatic heterocycles. The molecule has 0 radical (unpaired) electrons. The first-order valence-corrected chi connectivity index (χ1v) is 8.94. The van der Waals surface area contributed by atoms with Gasteiger partial charge < -0.3 is 4.84 Å². The van der Waals surface area contributed by atoms with Crippen LogP contribution in [0.4, 0.5) is 0 Å². The highest BCUT2D eigenvalue weighted by atomic mass is 16.6. The summed E-state index contributed by atoms with van der Waals surface area (Å²) in [5, 5.41) is 4.36. The van der Waals surface area contributed by atoms with Crippen LogP contribution >= 0.6 is 0 Å². The molecule has 0 spiro atoms. The van der Waals surface area contributed by atoms with Gasteiger partial charge in [-0.3, -0.25) is 4.90 Å². The first-order valence-electron chi connectivity index (χ1n) is 8.94. The zero-order valence-electron chi connectivity index (χ0n) is 15.0.